The lowest BCUT2D eigenvalue weighted by Gasteiger charge is -2.07. The second kappa shape index (κ2) is 4.94. The van der Waals surface area contributed by atoms with E-state index in [9.17, 15) is 0 Å². The Morgan fingerprint density at radius 1 is 1.60 bits per heavy atom. The SMILES string of the molecule is C=C/C=C(/CN(C)C)N=C. The summed E-state index contributed by atoms with van der Waals surface area (Å²) in [5, 5.41) is 0. The summed E-state index contributed by atoms with van der Waals surface area (Å²) in [4.78, 5) is 5.85. The minimum absolute atomic E-state index is 0.815. The summed E-state index contributed by atoms with van der Waals surface area (Å²) in [7, 11) is 3.98. The van der Waals surface area contributed by atoms with Crippen molar-refractivity contribution in [2.75, 3.05) is 20.6 Å². The lowest BCUT2D eigenvalue weighted by atomic mass is 10.4. The zero-order valence-corrected chi connectivity index (χ0v) is 6.67. The van der Waals surface area contributed by atoms with Gasteiger partial charge in [-0.15, -0.1) is 0 Å². The number of aliphatic imine (C=N–C) groups is 1. The van der Waals surface area contributed by atoms with Gasteiger partial charge in [-0.25, -0.2) is 0 Å². The fraction of sp³-hybridized carbons (Fsp3) is 0.375. The molecule has 0 bridgehead atoms. The number of hydrogen-bond acceptors (Lipinski definition) is 2. The van der Waals surface area contributed by atoms with Crippen LogP contribution in [0, 0.1) is 0 Å². The Bertz CT molecular complexity index is 145. The molecule has 0 aliphatic heterocycles. The summed E-state index contributed by atoms with van der Waals surface area (Å²) >= 11 is 0. The van der Waals surface area contributed by atoms with Crippen molar-refractivity contribution in [3.63, 3.8) is 0 Å². The summed E-state index contributed by atoms with van der Waals surface area (Å²) in [6, 6.07) is 0. The monoisotopic (exact) mass is 138 g/mol. The highest BCUT2D eigenvalue weighted by atomic mass is 15.1. The first kappa shape index (κ1) is 9.11. The molecule has 0 aromatic heterocycles. The number of nitrogens with zero attached hydrogens (tertiary/aromatic N) is 2. The molecule has 0 rings (SSSR count). The lowest BCUT2D eigenvalue weighted by molar-refractivity contribution is 0.444. The van der Waals surface area contributed by atoms with E-state index in [1.54, 1.807) is 6.08 Å². The van der Waals surface area contributed by atoms with E-state index >= 15 is 0 Å². The largest absolute Gasteiger partial charge is 0.304 e. The Balaban J connectivity index is 3.95. The van der Waals surface area contributed by atoms with Crippen molar-refractivity contribution in [3.05, 3.63) is 24.4 Å². The molecular formula is C8H14N2. The Morgan fingerprint density at radius 3 is 2.50 bits per heavy atom. The average molecular weight is 138 g/mol. The van der Waals surface area contributed by atoms with E-state index in [1.165, 1.54) is 0 Å². The molecule has 2 heteroatoms. The molecule has 0 aliphatic rings. The molecule has 10 heavy (non-hydrogen) atoms. The summed E-state index contributed by atoms with van der Waals surface area (Å²) < 4.78 is 0. The molecule has 56 valence electrons. The molecule has 0 atom stereocenters. The molecule has 0 saturated heterocycles. The van der Waals surface area contributed by atoms with Gasteiger partial charge in [-0.1, -0.05) is 12.7 Å². The smallest absolute Gasteiger partial charge is 0.0536 e. The highest BCUT2D eigenvalue weighted by Gasteiger charge is 1.92. The van der Waals surface area contributed by atoms with Crippen LogP contribution in [-0.2, 0) is 0 Å². The zero-order valence-electron chi connectivity index (χ0n) is 6.67. The van der Waals surface area contributed by atoms with Crippen molar-refractivity contribution in [1.82, 2.24) is 4.90 Å². The fourth-order valence-electron chi connectivity index (χ4n) is 0.615. The molecule has 0 amide bonds. The maximum atomic E-state index is 3.82. The second-order valence-electron chi connectivity index (χ2n) is 2.29. The van der Waals surface area contributed by atoms with Crippen LogP contribution in [0.1, 0.15) is 0 Å². The van der Waals surface area contributed by atoms with Crippen LogP contribution >= 0.6 is 0 Å². The van der Waals surface area contributed by atoms with E-state index in [4.69, 9.17) is 0 Å². The summed E-state index contributed by atoms with van der Waals surface area (Å²) in [5.74, 6) is 0. The molecule has 2 nitrogen and oxygen atoms in total. The number of hydrogen-bond donors (Lipinski definition) is 0. The van der Waals surface area contributed by atoms with Crippen molar-refractivity contribution in [2.24, 2.45) is 4.99 Å². The van der Waals surface area contributed by atoms with E-state index in [0.29, 0.717) is 0 Å². The van der Waals surface area contributed by atoms with Crippen LogP contribution in [0.25, 0.3) is 0 Å². The highest BCUT2D eigenvalue weighted by Crippen LogP contribution is 1.96. The third-order valence-electron chi connectivity index (χ3n) is 0.992. The quantitative estimate of drug-likeness (QED) is 0.422. The Morgan fingerprint density at radius 2 is 2.20 bits per heavy atom. The predicted octanol–water partition coefficient (Wildman–Crippen LogP) is 1.32. The van der Waals surface area contributed by atoms with E-state index in [1.807, 2.05) is 25.1 Å². The van der Waals surface area contributed by atoms with Crippen LogP contribution in [0.4, 0.5) is 0 Å². The fourth-order valence-corrected chi connectivity index (χ4v) is 0.615. The molecule has 0 fully saturated rings. The molecular weight excluding hydrogens is 124 g/mol. The van der Waals surface area contributed by atoms with Gasteiger partial charge in [0.1, 0.15) is 0 Å². The van der Waals surface area contributed by atoms with Gasteiger partial charge in [-0.2, -0.15) is 0 Å². The molecule has 0 N–H and O–H groups in total. The minimum atomic E-state index is 0.815. The molecule has 0 saturated carbocycles. The minimum Gasteiger partial charge on any atom is -0.304 e. The lowest BCUT2D eigenvalue weighted by Crippen LogP contribution is -2.14. The van der Waals surface area contributed by atoms with Crippen LogP contribution in [0.5, 0.6) is 0 Å². The van der Waals surface area contributed by atoms with Crippen LogP contribution in [0.2, 0.25) is 0 Å². The van der Waals surface area contributed by atoms with Gasteiger partial charge in [0.2, 0.25) is 0 Å². The number of rotatable bonds is 4. The maximum Gasteiger partial charge on any atom is 0.0536 e. The van der Waals surface area contributed by atoms with Crippen molar-refractivity contribution in [2.45, 2.75) is 0 Å². The Kier molecular flexibility index (Phi) is 4.50. The average Bonchev–Trinajstić information content (AvgIpc) is 1.86. The zero-order chi connectivity index (χ0) is 7.98. The second-order valence-corrected chi connectivity index (χ2v) is 2.29. The first-order chi connectivity index (χ1) is 4.70. The van der Waals surface area contributed by atoms with Crippen molar-refractivity contribution in [3.8, 4) is 0 Å². The first-order valence-electron chi connectivity index (χ1n) is 3.13. The highest BCUT2D eigenvalue weighted by molar-refractivity contribution is 5.30. The van der Waals surface area contributed by atoms with Gasteiger partial charge in [0.05, 0.1) is 5.70 Å². The van der Waals surface area contributed by atoms with Crippen molar-refractivity contribution in [1.29, 1.82) is 0 Å². The van der Waals surface area contributed by atoms with E-state index < -0.39 is 0 Å². The Labute approximate surface area is 62.6 Å². The van der Waals surface area contributed by atoms with E-state index in [0.717, 1.165) is 12.2 Å². The van der Waals surface area contributed by atoms with Crippen LogP contribution in [0.15, 0.2) is 29.4 Å². The summed E-state index contributed by atoms with van der Waals surface area (Å²) in [5.41, 5.74) is 0.944. The molecule has 0 unspecified atom stereocenters. The molecule has 0 aliphatic carbocycles. The van der Waals surface area contributed by atoms with Crippen molar-refractivity contribution < 1.29 is 0 Å². The molecule has 0 aromatic rings. The summed E-state index contributed by atoms with van der Waals surface area (Å²) in [6.07, 6.45) is 3.57. The van der Waals surface area contributed by atoms with Crippen LogP contribution in [-0.4, -0.2) is 32.3 Å². The van der Waals surface area contributed by atoms with Crippen LogP contribution in [0.3, 0.4) is 0 Å². The Hall–Kier alpha value is -0.890. The molecule has 0 radical (unpaired) electrons. The van der Waals surface area contributed by atoms with Crippen LogP contribution < -0.4 is 0 Å². The number of allylic oxidation sites excluding steroid dienone is 2. The van der Waals surface area contributed by atoms with Gasteiger partial charge >= 0.3 is 0 Å². The number of likely N-dealkylation sites (N-methyl/N-ethyl adjacent to an activating group) is 1. The van der Waals surface area contributed by atoms with Gasteiger partial charge in [-0.3, -0.25) is 4.99 Å². The van der Waals surface area contributed by atoms with Gasteiger partial charge < -0.3 is 4.90 Å². The molecule has 0 spiro atoms. The third-order valence-corrected chi connectivity index (χ3v) is 0.992. The van der Waals surface area contributed by atoms with Gasteiger partial charge in [-0.05, 0) is 26.9 Å². The predicted molar refractivity (Wildman–Crippen MR) is 46.4 cm³/mol. The molecule has 0 heterocycles. The van der Waals surface area contributed by atoms with Gasteiger partial charge in [0.15, 0.2) is 0 Å². The summed E-state index contributed by atoms with van der Waals surface area (Å²) in [6.45, 7) is 7.83. The normalized spacial score (nSPS) is 11.7. The van der Waals surface area contributed by atoms with Gasteiger partial charge in [0.25, 0.3) is 0 Å². The maximum absolute atomic E-state index is 3.82. The standard InChI is InChI=1S/C8H14N2/c1-5-6-8(9-2)7-10(3)4/h5-6H,1-2,7H2,3-4H3/b8-6-. The van der Waals surface area contributed by atoms with E-state index in [-0.39, 0.29) is 0 Å². The topological polar surface area (TPSA) is 15.6 Å². The third kappa shape index (κ3) is 4.04. The first-order valence-corrected chi connectivity index (χ1v) is 3.13. The van der Waals surface area contributed by atoms with Crippen molar-refractivity contribution >= 4 is 6.72 Å². The molecule has 0 aromatic carbocycles. The van der Waals surface area contributed by atoms with E-state index in [2.05, 4.69) is 18.3 Å². The van der Waals surface area contributed by atoms with Gasteiger partial charge in [0, 0.05) is 6.54 Å².